The SMILES string of the molecule is CCCNC(=O)CCN1C2CCC1CC(N)C2. The van der Waals surface area contributed by atoms with Gasteiger partial charge in [0.1, 0.15) is 0 Å². The van der Waals surface area contributed by atoms with Crippen molar-refractivity contribution < 1.29 is 4.79 Å². The molecule has 2 heterocycles. The number of hydrogen-bond donors (Lipinski definition) is 2. The Balaban J connectivity index is 1.75. The summed E-state index contributed by atoms with van der Waals surface area (Å²) in [5, 5.41) is 2.94. The van der Waals surface area contributed by atoms with E-state index >= 15 is 0 Å². The predicted octanol–water partition coefficient (Wildman–Crippen LogP) is 0.857. The Morgan fingerprint density at radius 2 is 2.00 bits per heavy atom. The highest BCUT2D eigenvalue weighted by molar-refractivity contribution is 5.76. The lowest BCUT2D eigenvalue weighted by Crippen LogP contribution is -2.48. The van der Waals surface area contributed by atoms with Gasteiger partial charge in [0.15, 0.2) is 0 Å². The van der Waals surface area contributed by atoms with E-state index < -0.39 is 0 Å². The van der Waals surface area contributed by atoms with Gasteiger partial charge in [-0.3, -0.25) is 9.69 Å². The maximum Gasteiger partial charge on any atom is 0.221 e. The van der Waals surface area contributed by atoms with E-state index in [1.54, 1.807) is 0 Å². The van der Waals surface area contributed by atoms with Gasteiger partial charge in [0.25, 0.3) is 0 Å². The zero-order valence-corrected chi connectivity index (χ0v) is 10.8. The Labute approximate surface area is 104 Å². The zero-order valence-electron chi connectivity index (χ0n) is 10.8. The number of nitrogens with two attached hydrogens (primary N) is 1. The van der Waals surface area contributed by atoms with E-state index in [2.05, 4.69) is 17.1 Å². The lowest BCUT2D eigenvalue weighted by Gasteiger charge is -2.37. The first-order chi connectivity index (χ1) is 8.20. The molecule has 2 aliphatic heterocycles. The molecule has 2 saturated heterocycles. The molecule has 3 N–H and O–H groups in total. The molecule has 98 valence electrons. The molecule has 17 heavy (non-hydrogen) atoms. The normalized spacial score (nSPS) is 32.7. The summed E-state index contributed by atoms with van der Waals surface area (Å²) in [6, 6.07) is 1.67. The Morgan fingerprint density at radius 3 is 2.59 bits per heavy atom. The lowest BCUT2D eigenvalue weighted by molar-refractivity contribution is -0.121. The summed E-state index contributed by atoms with van der Waals surface area (Å²) in [7, 11) is 0. The van der Waals surface area contributed by atoms with Crippen LogP contribution in [0.4, 0.5) is 0 Å². The topological polar surface area (TPSA) is 58.4 Å². The molecule has 2 rings (SSSR count). The van der Waals surface area contributed by atoms with Crippen molar-refractivity contribution in [1.82, 2.24) is 10.2 Å². The van der Waals surface area contributed by atoms with E-state index in [-0.39, 0.29) is 5.91 Å². The molecule has 0 aromatic carbocycles. The maximum absolute atomic E-state index is 11.6. The van der Waals surface area contributed by atoms with Crippen LogP contribution in [-0.4, -0.2) is 42.0 Å². The molecule has 2 atom stereocenters. The van der Waals surface area contributed by atoms with Crippen molar-refractivity contribution in [2.24, 2.45) is 5.73 Å². The second kappa shape index (κ2) is 5.83. The van der Waals surface area contributed by atoms with Crippen LogP contribution in [0, 0.1) is 0 Å². The van der Waals surface area contributed by atoms with Crippen molar-refractivity contribution in [3.63, 3.8) is 0 Å². The van der Waals surface area contributed by atoms with Crippen molar-refractivity contribution in [2.75, 3.05) is 13.1 Å². The lowest BCUT2D eigenvalue weighted by atomic mass is 9.98. The van der Waals surface area contributed by atoms with Crippen LogP contribution in [0.15, 0.2) is 0 Å². The van der Waals surface area contributed by atoms with E-state index in [1.807, 2.05) is 0 Å². The second-order valence-corrected chi connectivity index (χ2v) is 5.45. The van der Waals surface area contributed by atoms with Crippen molar-refractivity contribution in [3.8, 4) is 0 Å². The molecule has 0 spiro atoms. The Morgan fingerprint density at radius 1 is 1.35 bits per heavy atom. The van der Waals surface area contributed by atoms with Crippen LogP contribution >= 0.6 is 0 Å². The zero-order chi connectivity index (χ0) is 12.3. The number of hydrogen-bond acceptors (Lipinski definition) is 3. The van der Waals surface area contributed by atoms with Crippen LogP contribution < -0.4 is 11.1 Å². The number of carbonyl (C=O) groups excluding carboxylic acids is 1. The maximum atomic E-state index is 11.6. The van der Waals surface area contributed by atoms with Gasteiger partial charge >= 0.3 is 0 Å². The molecule has 0 saturated carbocycles. The van der Waals surface area contributed by atoms with Gasteiger partial charge in [-0.15, -0.1) is 0 Å². The van der Waals surface area contributed by atoms with Crippen LogP contribution in [0.5, 0.6) is 0 Å². The fourth-order valence-corrected chi connectivity index (χ4v) is 3.26. The molecular weight excluding hydrogens is 214 g/mol. The molecule has 4 nitrogen and oxygen atoms in total. The predicted molar refractivity (Wildman–Crippen MR) is 68.6 cm³/mol. The van der Waals surface area contributed by atoms with Gasteiger partial charge in [-0.2, -0.15) is 0 Å². The average Bonchev–Trinajstić information content (AvgIpc) is 2.54. The van der Waals surface area contributed by atoms with Gasteiger partial charge in [-0.25, -0.2) is 0 Å². The van der Waals surface area contributed by atoms with Gasteiger partial charge in [0.05, 0.1) is 0 Å². The Kier molecular flexibility index (Phi) is 4.40. The van der Waals surface area contributed by atoms with Gasteiger partial charge in [-0.1, -0.05) is 6.92 Å². The Bertz CT molecular complexity index is 255. The van der Waals surface area contributed by atoms with E-state index in [9.17, 15) is 4.79 Å². The summed E-state index contributed by atoms with van der Waals surface area (Å²) < 4.78 is 0. The van der Waals surface area contributed by atoms with Gasteiger partial charge in [-0.05, 0) is 32.1 Å². The molecule has 2 aliphatic rings. The molecule has 4 heteroatoms. The van der Waals surface area contributed by atoms with Crippen LogP contribution in [0.3, 0.4) is 0 Å². The summed E-state index contributed by atoms with van der Waals surface area (Å²) >= 11 is 0. The third kappa shape index (κ3) is 3.19. The highest BCUT2D eigenvalue weighted by Gasteiger charge is 2.39. The fourth-order valence-electron chi connectivity index (χ4n) is 3.26. The van der Waals surface area contributed by atoms with Crippen molar-refractivity contribution >= 4 is 5.91 Å². The van der Waals surface area contributed by atoms with E-state index in [0.29, 0.717) is 24.5 Å². The first-order valence-electron chi connectivity index (χ1n) is 6.98. The van der Waals surface area contributed by atoms with Crippen LogP contribution in [0.25, 0.3) is 0 Å². The van der Waals surface area contributed by atoms with Crippen LogP contribution in [0.1, 0.15) is 45.4 Å². The minimum Gasteiger partial charge on any atom is -0.356 e. The first kappa shape index (κ1) is 12.8. The summed E-state index contributed by atoms with van der Waals surface area (Å²) in [6.45, 7) is 3.79. The molecule has 2 unspecified atom stereocenters. The molecular formula is C13H25N3O. The quantitative estimate of drug-likeness (QED) is 0.748. The molecule has 2 bridgehead atoms. The summed E-state index contributed by atoms with van der Waals surface area (Å²) in [5.74, 6) is 0.195. The minimum atomic E-state index is 0.195. The van der Waals surface area contributed by atoms with Crippen molar-refractivity contribution in [2.45, 2.75) is 63.6 Å². The summed E-state index contributed by atoms with van der Waals surface area (Å²) in [4.78, 5) is 14.1. The number of carbonyl (C=O) groups is 1. The van der Waals surface area contributed by atoms with Crippen molar-refractivity contribution in [3.05, 3.63) is 0 Å². The number of nitrogens with zero attached hydrogens (tertiary/aromatic N) is 1. The van der Waals surface area contributed by atoms with Gasteiger partial charge in [0.2, 0.25) is 5.91 Å². The average molecular weight is 239 g/mol. The van der Waals surface area contributed by atoms with E-state index in [1.165, 1.54) is 12.8 Å². The van der Waals surface area contributed by atoms with Gasteiger partial charge in [0, 0.05) is 37.6 Å². The number of amides is 1. The molecule has 0 radical (unpaired) electrons. The highest BCUT2D eigenvalue weighted by atomic mass is 16.1. The van der Waals surface area contributed by atoms with Crippen LogP contribution in [0.2, 0.25) is 0 Å². The third-order valence-electron chi connectivity index (χ3n) is 4.09. The number of fused-ring (bicyclic) bond motifs is 2. The highest BCUT2D eigenvalue weighted by Crippen LogP contribution is 2.34. The summed E-state index contributed by atoms with van der Waals surface area (Å²) in [5.41, 5.74) is 6.03. The largest absolute Gasteiger partial charge is 0.356 e. The smallest absolute Gasteiger partial charge is 0.221 e. The van der Waals surface area contributed by atoms with E-state index in [4.69, 9.17) is 5.73 Å². The first-order valence-corrected chi connectivity index (χ1v) is 6.98. The molecule has 1 amide bonds. The van der Waals surface area contributed by atoms with Crippen molar-refractivity contribution in [1.29, 1.82) is 0 Å². The Hall–Kier alpha value is -0.610. The van der Waals surface area contributed by atoms with Gasteiger partial charge < -0.3 is 11.1 Å². The number of piperidine rings is 1. The monoisotopic (exact) mass is 239 g/mol. The molecule has 0 aromatic rings. The standard InChI is InChI=1S/C13H25N3O/c1-2-6-15-13(17)5-7-16-11-3-4-12(16)9-10(14)8-11/h10-12H,2-9,14H2,1H3,(H,15,17). The fraction of sp³-hybridized carbons (Fsp3) is 0.923. The second-order valence-electron chi connectivity index (χ2n) is 5.45. The minimum absolute atomic E-state index is 0.195. The van der Waals surface area contributed by atoms with Crippen LogP contribution in [-0.2, 0) is 4.79 Å². The number of nitrogens with one attached hydrogen (secondary N) is 1. The molecule has 2 fully saturated rings. The van der Waals surface area contributed by atoms with E-state index in [0.717, 1.165) is 32.4 Å². The summed E-state index contributed by atoms with van der Waals surface area (Å²) in [6.07, 6.45) is 6.43. The molecule has 0 aromatic heterocycles. The molecule has 0 aliphatic carbocycles. The third-order valence-corrected chi connectivity index (χ3v) is 4.09. The number of rotatable bonds is 5.